The van der Waals surface area contributed by atoms with E-state index in [0.29, 0.717) is 23.7 Å². The number of nitrogen functional groups attached to an aromatic ring is 1. The highest BCUT2D eigenvalue weighted by Crippen LogP contribution is 2.27. The number of benzene rings is 1. The van der Waals surface area contributed by atoms with Crippen molar-refractivity contribution >= 4 is 23.4 Å². The molecular weight excluding hydrogens is 216 g/mol. The summed E-state index contributed by atoms with van der Waals surface area (Å²) in [6.07, 6.45) is 0.293. The Kier molecular flexibility index (Phi) is 2.68. The molecule has 1 fully saturated rings. The van der Waals surface area contributed by atoms with Crippen LogP contribution in [-0.4, -0.2) is 12.7 Å². The molecule has 1 aliphatic heterocycles. The molecule has 0 radical (unpaired) electrons. The van der Waals surface area contributed by atoms with Gasteiger partial charge in [0.25, 0.3) is 0 Å². The van der Waals surface area contributed by atoms with Crippen LogP contribution in [0.25, 0.3) is 0 Å². The van der Waals surface area contributed by atoms with Crippen LogP contribution in [0.4, 0.5) is 10.5 Å². The average Bonchev–Trinajstić information content (AvgIpc) is 2.22. The molecule has 0 saturated carbocycles. The molecular formula is C10H11ClN2O2. The normalized spacial score (nSPS) is 20.6. The third-order valence-corrected chi connectivity index (χ3v) is 2.59. The van der Waals surface area contributed by atoms with Crippen LogP contribution in [-0.2, 0) is 4.74 Å². The van der Waals surface area contributed by atoms with E-state index in [1.54, 1.807) is 18.2 Å². The van der Waals surface area contributed by atoms with E-state index in [0.717, 1.165) is 5.56 Å². The van der Waals surface area contributed by atoms with Crippen LogP contribution in [0.3, 0.4) is 0 Å². The van der Waals surface area contributed by atoms with Crippen molar-refractivity contribution < 1.29 is 9.53 Å². The summed E-state index contributed by atoms with van der Waals surface area (Å²) in [5.74, 6) is 0. The molecule has 80 valence electrons. The predicted octanol–water partition coefficient (Wildman–Crippen LogP) is 2.09. The first kappa shape index (κ1) is 10.1. The zero-order chi connectivity index (χ0) is 10.8. The standard InChI is InChI=1S/C10H11ClN2O2/c11-6-1-2-8(12)7(5-6)9-3-4-15-10(14)13-9/h1-2,5,9H,3-4,12H2,(H,13,14)/t9-/m0/s1. The lowest BCUT2D eigenvalue weighted by Crippen LogP contribution is -2.35. The highest BCUT2D eigenvalue weighted by Gasteiger charge is 2.22. The molecule has 1 aromatic rings. The number of hydrogen-bond donors (Lipinski definition) is 2. The first-order valence-corrected chi connectivity index (χ1v) is 5.03. The Morgan fingerprint density at radius 2 is 2.33 bits per heavy atom. The number of amides is 1. The Hall–Kier alpha value is -1.42. The van der Waals surface area contributed by atoms with Gasteiger partial charge in [-0.05, 0) is 23.8 Å². The number of hydrogen-bond acceptors (Lipinski definition) is 3. The number of anilines is 1. The number of rotatable bonds is 1. The Balaban J connectivity index is 2.27. The quantitative estimate of drug-likeness (QED) is 0.721. The van der Waals surface area contributed by atoms with Crippen molar-refractivity contribution in [3.8, 4) is 0 Å². The zero-order valence-electron chi connectivity index (χ0n) is 8.00. The van der Waals surface area contributed by atoms with Crippen LogP contribution >= 0.6 is 11.6 Å². The summed E-state index contributed by atoms with van der Waals surface area (Å²) in [6.45, 7) is 0.405. The Morgan fingerprint density at radius 3 is 3.07 bits per heavy atom. The van der Waals surface area contributed by atoms with Crippen LogP contribution < -0.4 is 11.1 Å². The van der Waals surface area contributed by atoms with E-state index in [4.69, 9.17) is 22.1 Å². The van der Waals surface area contributed by atoms with Gasteiger partial charge in [0.15, 0.2) is 0 Å². The second-order valence-electron chi connectivity index (χ2n) is 3.39. The van der Waals surface area contributed by atoms with E-state index in [9.17, 15) is 4.79 Å². The fraction of sp³-hybridized carbons (Fsp3) is 0.300. The number of alkyl carbamates (subject to hydrolysis) is 1. The van der Waals surface area contributed by atoms with Crippen LogP contribution in [0.1, 0.15) is 18.0 Å². The van der Waals surface area contributed by atoms with Crippen LogP contribution in [0, 0.1) is 0 Å². The summed E-state index contributed by atoms with van der Waals surface area (Å²) in [4.78, 5) is 11.0. The van der Waals surface area contributed by atoms with E-state index in [-0.39, 0.29) is 6.04 Å². The second kappa shape index (κ2) is 3.98. The molecule has 5 heteroatoms. The maximum Gasteiger partial charge on any atom is 0.407 e. The smallest absolute Gasteiger partial charge is 0.407 e. The number of nitrogens with one attached hydrogen (secondary N) is 1. The summed E-state index contributed by atoms with van der Waals surface area (Å²) in [7, 11) is 0. The van der Waals surface area contributed by atoms with E-state index >= 15 is 0 Å². The number of nitrogens with two attached hydrogens (primary N) is 1. The number of carbonyl (C=O) groups is 1. The highest BCUT2D eigenvalue weighted by molar-refractivity contribution is 6.30. The molecule has 0 unspecified atom stereocenters. The molecule has 1 aromatic carbocycles. The Morgan fingerprint density at radius 1 is 1.53 bits per heavy atom. The zero-order valence-corrected chi connectivity index (χ0v) is 8.75. The van der Waals surface area contributed by atoms with E-state index in [2.05, 4.69) is 5.32 Å². The van der Waals surface area contributed by atoms with Crippen molar-refractivity contribution in [1.29, 1.82) is 0 Å². The Bertz CT molecular complexity index is 395. The summed E-state index contributed by atoms with van der Waals surface area (Å²) in [5, 5.41) is 3.31. The molecule has 4 nitrogen and oxygen atoms in total. The average molecular weight is 227 g/mol. The van der Waals surface area contributed by atoms with Crippen LogP contribution in [0.15, 0.2) is 18.2 Å². The van der Waals surface area contributed by atoms with Gasteiger partial charge in [0.2, 0.25) is 0 Å². The van der Waals surface area contributed by atoms with Gasteiger partial charge in [-0.3, -0.25) is 0 Å². The predicted molar refractivity (Wildman–Crippen MR) is 57.7 cm³/mol. The minimum atomic E-state index is -0.411. The van der Waals surface area contributed by atoms with E-state index < -0.39 is 6.09 Å². The molecule has 15 heavy (non-hydrogen) atoms. The van der Waals surface area contributed by atoms with Crippen molar-refractivity contribution in [3.63, 3.8) is 0 Å². The van der Waals surface area contributed by atoms with Crippen LogP contribution in [0.2, 0.25) is 5.02 Å². The van der Waals surface area contributed by atoms with Gasteiger partial charge >= 0.3 is 6.09 Å². The topological polar surface area (TPSA) is 64.3 Å². The molecule has 3 N–H and O–H groups in total. The van der Waals surface area contributed by atoms with Crippen molar-refractivity contribution in [2.24, 2.45) is 0 Å². The first-order chi connectivity index (χ1) is 7.16. The monoisotopic (exact) mass is 226 g/mol. The third kappa shape index (κ3) is 2.15. The van der Waals surface area contributed by atoms with E-state index in [1.165, 1.54) is 0 Å². The summed E-state index contributed by atoms with van der Waals surface area (Å²) < 4.78 is 4.78. The third-order valence-electron chi connectivity index (χ3n) is 2.36. The molecule has 1 atom stereocenters. The van der Waals surface area contributed by atoms with Crippen LogP contribution in [0.5, 0.6) is 0 Å². The minimum absolute atomic E-state index is 0.107. The van der Waals surface area contributed by atoms with Crippen molar-refractivity contribution in [2.75, 3.05) is 12.3 Å². The van der Waals surface area contributed by atoms with Gasteiger partial charge in [-0.15, -0.1) is 0 Å². The molecule has 0 spiro atoms. The van der Waals surface area contributed by atoms with Gasteiger partial charge in [0.05, 0.1) is 12.6 Å². The summed E-state index contributed by atoms with van der Waals surface area (Å²) >= 11 is 5.87. The summed E-state index contributed by atoms with van der Waals surface area (Å²) in [6, 6.07) is 5.12. The lowest BCUT2D eigenvalue weighted by Gasteiger charge is -2.24. The number of halogens is 1. The molecule has 1 saturated heterocycles. The van der Waals surface area contributed by atoms with Crippen molar-refractivity contribution in [2.45, 2.75) is 12.5 Å². The SMILES string of the molecule is Nc1ccc(Cl)cc1[C@@H]1CCOC(=O)N1. The second-order valence-corrected chi connectivity index (χ2v) is 3.83. The number of ether oxygens (including phenoxy) is 1. The fourth-order valence-corrected chi connectivity index (χ4v) is 1.79. The highest BCUT2D eigenvalue weighted by atomic mass is 35.5. The number of cyclic esters (lactones) is 1. The van der Waals surface area contributed by atoms with Gasteiger partial charge in [-0.25, -0.2) is 4.79 Å². The molecule has 1 aliphatic rings. The van der Waals surface area contributed by atoms with E-state index in [1.807, 2.05) is 0 Å². The lowest BCUT2D eigenvalue weighted by molar-refractivity contribution is 0.115. The molecule has 1 heterocycles. The first-order valence-electron chi connectivity index (χ1n) is 4.65. The molecule has 0 bridgehead atoms. The maximum absolute atomic E-state index is 11.0. The van der Waals surface area contributed by atoms with Crippen molar-refractivity contribution in [1.82, 2.24) is 5.32 Å². The molecule has 1 amide bonds. The van der Waals surface area contributed by atoms with Gasteiger partial charge in [0, 0.05) is 17.1 Å². The van der Waals surface area contributed by atoms with Gasteiger partial charge in [-0.1, -0.05) is 11.6 Å². The van der Waals surface area contributed by atoms with Gasteiger partial charge < -0.3 is 15.8 Å². The van der Waals surface area contributed by atoms with Gasteiger partial charge in [0.1, 0.15) is 0 Å². The molecule has 0 aliphatic carbocycles. The maximum atomic E-state index is 11.0. The summed E-state index contributed by atoms with van der Waals surface area (Å²) in [5.41, 5.74) is 7.29. The molecule has 0 aromatic heterocycles. The fourth-order valence-electron chi connectivity index (χ4n) is 1.61. The van der Waals surface area contributed by atoms with Crippen molar-refractivity contribution in [3.05, 3.63) is 28.8 Å². The number of carbonyl (C=O) groups excluding carboxylic acids is 1. The minimum Gasteiger partial charge on any atom is -0.449 e. The molecule has 2 rings (SSSR count). The Labute approximate surface area is 92.4 Å². The van der Waals surface area contributed by atoms with Gasteiger partial charge in [-0.2, -0.15) is 0 Å². The lowest BCUT2D eigenvalue weighted by atomic mass is 10.0. The largest absolute Gasteiger partial charge is 0.449 e.